The van der Waals surface area contributed by atoms with E-state index in [0.29, 0.717) is 16.7 Å². The molecule has 1 nitrogen and oxygen atoms in total. The van der Waals surface area contributed by atoms with Gasteiger partial charge in [0.1, 0.15) is 11.6 Å². The van der Waals surface area contributed by atoms with Crippen molar-refractivity contribution in [2.45, 2.75) is 6.42 Å². The Hall–Kier alpha value is -1.92. The van der Waals surface area contributed by atoms with E-state index >= 15 is 0 Å². The molecule has 0 aliphatic heterocycles. The zero-order valence-corrected chi connectivity index (χ0v) is 10.0. The molecule has 0 aliphatic rings. The van der Waals surface area contributed by atoms with Gasteiger partial charge in [-0.25, -0.2) is 8.78 Å². The van der Waals surface area contributed by atoms with Crippen molar-refractivity contribution in [3.8, 4) is 17.2 Å². The van der Waals surface area contributed by atoms with E-state index in [-0.39, 0.29) is 11.4 Å². The molecule has 0 N–H and O–H groups in total. The average Bonchev–Trinajstić information content (AvgIpc) is 2.32. The Kier molecular flexibility index (Phi) is 3.59. The molecule has 0 aromatic heterocycles. The van der Waals surface area contributed by atoms with Crippen LogP contribution >= 0.6 is 11.6 Å². The first-order valence-corrected chi connectivity index (χ1v) is 5.60. The van der Waals surface area contributed by atoms with E-state index in [1.807, 2.05) is 6.07 Å². The predicted octanol–water partition coefficient (Wildman–Crippen LogP) is 4.35. The number of nitrogens with zero attached hydrogens (tertiary/aromatic N) is 1. The molecule has 0 atom stereocenters. The smallest absolute Gasteiger partial charge is 0.128 e. The summed E-state index contributed by atoms with van der Waals surface area (Å²) in [7, 11) is 0. The highest BCUT2D eigenvalue weighted by atomic mass is 35.5. The van der Waals surface area contributed by atoms with Gasteiger partial charge in [-0.1, -0.05) is 23.7 Å². The standard InChI is InChI=1S/C14H8ClF2N/c15-13-8-11(16)3-4-12(13)10-2-1-9(5-6-18)14(17)7-10/h1-4,7-8H,5H2. The van der Waals surface area contributed by atoms with E-state index in [4.69, 9.17) is 16.9 Å². The second-order valence-electron chi connectivity index (χ2n) is 3.77. The summed E-state index contributed by atoms with van der Waals surface area (Å²) in [5.41, 5.74) is 1.44. The van der Waals surface area contributed by atoms with Crippen molar-refractivity contribution in [1.82, 2.24) is 0 Å². The average molecular weight is 264 g/mol. The Morgan fingerprint density at radius 3 is 2.50 bits per heavy atom. The normalized spacial score (nSPS) is 10.1. The van der Waals surface area contributed by atoms with Gasteiger partial charge in [-0.05, 0) is 29.8 Å². The topological polar surface area (TPSA) is 23.8 Å². The fourth-order valence-corrected chi connectivity index (χ4v) is 1.94. The molecular formula is C14H8ClF2N. The zero-order valence-electron chi connectivity index (χ0n) is 9.25. The third kappa shape index (κ3) is 2.49. The molecule has 0 spiro atoms. The van der Waals surface area contributed by atoms with Gasteiger partial charge >= 0.3 is 0 Å². The lowest BCUT2D eigenvalue weighted by Gasteiger charge is -2.06. The highest BCUT2D eigenvalue weighted by Gasteiger charge is 2.08. The maximum absolute atomic E-state index is 13.7. The number of halogens is 3. The van der Waals surface area contributed by atoms with Crippen molar-refractivity contribution < 1.29 is 8.78 Å². The lowest BCUT2D eigenvalue weighted by molar-refractivity contribution is 0.616. The summed E-state index contributed by atoms with van der Waals surface area (Å²) >= 11 is 5.90. The summed E-state index contributed by atoms with van der Waals surface area (Å²) in [4.78, 5) is 0. The van der Waals surface area contributed by atoms with E-state index in [1.54, 1.807) is 6.07 Å². The number of hydrogen-bond donors (Lipinski definition) is 0. The lowest BCUT2D eigenvalue weighted by Crippen LogP contribution is -1.90. The van der Waals surface area contributed by atoms with Gasteiger partial charge in [-0.3, -0.25) is 0 Å². The molecule has 90 valence electrons. The van der Waals surface area contributed by atoms with Crippen LogP contribution in [-0.2, 0) is 6.42 Å². The van der Waals surface area contributed by atoms with Gasteiger partial charge in [-0.15, -0.1) is 0 Å². The molecule has 18 heavy (non-hydrogen) atoms. The Morgan fingerprint density at radius 1 is 1.11 bits per heavy atom. The van der Waals surface area contributed by atoms with Gasteiger partial charge in [0.25, 0.3) is 0 Å². The van der Waals surface area contributed by atoms with Crippen molar-refractivity contribution >= 4 is 11.6 Å². The van der Waals surface area contributed by atoms with E-state index < -0.39 is 11.6 Å². The quantitative estimate of drug-likeness (QED) is 0.790. The first kappa shape index (κ1) is 12.5. The van der Waals surface area contributed by atoms with Crippen LogP contribution in [0.5, 0.6) is 0 Å². The van der Waals surface area contributed by atoms with Crippen molar-refractivity contribution in [3.05, 3.63) is 58.6 Å². The van der Waals surface area contributed by atoms with Crippen molar-refractivity contribution in [3.63, 3.8) is 0 Å². The van der Waals surface area contributed by atoms with Gasteiger partial charge in [0.2, 0.25) is 0 Å². The van der Waals surface area contributed by atoms with Crippen LogP contribution in [0.1, 0.15) is 5.56 Å². The molecule has 0 radical (unpaired) electrons. The second kappa shape index (κ2) is 5.16. The molecule has 0 amide bonds. The summed E-state index contributed by atoms with van der Waals surface area (Å²) in [6.07, 6.45) is 0.0171. The Balaban J connectivity index is 2.46. The minimum Gasteiger partial charge on any atom is -0.207 e. The SMILES string of the molecule is N#CCc1ccc(-c2ccc(F)cc2Cl)cc1F. The highest BCUT2D eigenvalue weighted by Crippen LogP contribution is 2.29. The molecule has 0 bridgehead atoms. The molecule has 2 rings (SSSR count). The van der Waals surface area contributed by atoms with E-state index in [1.165, 1.54) is 30.3 Å². The van der Waals surface area contributed by atoms with E-state index in [2.05, 4.69) is 0 Å². The largest absolute Gasteiger partial charge is 0.207 e. The summed E-state index contributed by atoms with van der Waals surface area (Å²) in [5, 5.41) is 8.75. The van der Waals surface area contributed by atoms with Gasteiger partial charge < -0.3 is 0 Å². The lowest BCUT2D eigenvalue weighted by atomic mass is 10.0. The van der Waals surface area contributed by atoms with Gasteiger partial charge in [0.15, 0.2) is 0 Å². The summed E-state index contributed by atoms with van der Waals surface area (Å²) in [6, 6.07) is 10.3. The fraction of sp³-hybridized carbons (Fsp3) is 0.0714. The third-order valence-corrected chi connectivity index (χ3v) is 2.88. The first-order chi connectivity index (χ1) is 8.61. The monoisotopic (exact) mass is 263 g/mol. The van der Waals surface area contributed by atoms with Gasteiger partial charge in [-0.2, -0.15) is 5.26 Å². The maximum Gasteiger partial charge on any atom is 0.128 e. The predicted molar refractivity (Wildman–Crippen MR) is 66.1 cm³/mol. The number of rotatable bonds is 2. The molecule has 0 unspecified atom stereocenters. The molecular weight excluding hydrogens is 256 g/mol. The van der Waals surface area contributed by atoms with Crippen LogP contribution in [0.2, 0.25) is 5.02 Å². The van der Waals surface area contributed by atoms with Gasteiger partial charge in [0, 0.05) is 11.1 Å². The molecule has 0 aliphatic carbocycles. The first-order valence-electron chi connectivity index (χ1n) is 5.22. The number of hydrogen-bond acceptors (Lipinski definition) is 1. The van der Waals surface area contributed by atoms with E-state index in [0.717, 1.165) is 0 Å². The van der Waals surface area contributed by atoms with Gasteiger partial charge in [0.05, 0.1) is 17.5 Å². The molecule has 4 heteroatoms. The van der Waals surface area contributed by atoms with Crippen LogP contribution in [0.4, 0.5) is 8.78 Å². The number of benzene rings is 2. The van der Waals surface area contributed by atoms with Crippen LogP contribution in [0.15, 0.2) is 36.4 Å². The Labute approximate surface area is 108 Å². The molecule has 0 heterocycles. The Morgan fingerprint density at radius 2 is 1.89 bits per heavy atom. The van der Waals surface area contributed by atoms with Crippen molar-refractivity contribution in [1.29, 1.82) is 5.26 Å². The van der Waals surface area contributed by atoms with Crippen LogP contribution in [0.25, 0.3) is 11.1 Å². The molecule has 2 aromatic rings. The van der Waals surface area contributed by atoms with E-state index in [9.17, 15) is 8.78 Å². The Bertz CT molecular complexity index is 632. The second-order valence-corrected chi connectivity index (χ2v) is 4.17. The third-order valence-electron chi connectivity index (χ3n) is 2.56. The van der Waals surface area contributed by atoms with Crippen LogP contribution in [0.3, 0.4) is 0 Å². The number of nitriles is 1. The van der Waals surface area contributed by atoms with Crippen molar-refractivity contribution in [2.75, 3.05) is 0 Å². The molecule has 0 saturated carbocycles. The molecule has 2 aromatic carbocycles. The fourth-order valence-electron chi connectivity index (χ4n) is 1.67. The summed E-state index contributed by atoms with van der Waals surface area (Å²) < 4.78 is 26.6. The minimum absolute atomic E-state index is 0.0171. The molecule has 0 saturated heterocycles. The van der Waals surface area contributed by atoms with Crippen molar-refractivity contribution in [2.24, 2.45) is 0 Å². The van der Waals surface area contributed by atoms with Crippen LogP contribution < -0.4 is 0 Å². The summed E-state index contributed by atoms with van der Waals surface area (Å²) in [6.45, 7) is 0. The van der Waals surface area contributed by atoms with Crippen LogP contribution in [-0.4, -0.2) is 0 Å². The molecule has 0 fully saturated rings. The minimum atomic E-state index is -0.463. The maximum atomic E-state index is 13.7. The zero-order chi connectivity index (χ0) is 13.1. The van der Waals surface area contributed by atoms with Crippen LogP contribution in [0, 0.1) is 23.0 Å². The summed E-state index contributed by atoms with van der Waals surface area (Å²) in [5.74, 6) is -0.903. The highest BCUT2D eigenvalue weighted by molar-refractivity contribution is 6.33.